The van der Waals surface area contributed by atoms with Crippen molar-refractivity contribution in [2.45, 2.75) is 6.92 Å². The van der Waals surface area contributed by atoms with E-state index in [4.69, 9.17) is 4.74 Å². The third kappa shape index (κ3) is 2.51. The second-order valence-electron chi connectivity index (χ2n) is 3.16. The van der Waals surface area contributed by atoms with Crippen molar-refractivity contribution in [1.82, 2.24) is 15.0 Å². The normalized spacial score (nSPS) is 9.94. The van der Waals surface area contributed by atoms with Gasteiger partial charge in [0.1, 0.15) is 6.33 Å². The Kier molecular flexibility index (Phi) is 2.91. The van der Waals surface area contributed by atoms with Gasteiger partial charge in [0.05, 0.1) is 0 Å². The Morgan fingerprint density at radius 1 is 1.35 bits per heavy atom. The molecule has 17 heavy (non-hydrogen) atoms. The molecule has 0 N–H and O–H groups in total. The molecule has 7 nitrogen and oxygen atoms in total. The minimum absolute atomic E-state index is 0.211. The predicted octanol–water partition coefficient (Wildman–Crippen LogP) is 1.88. The molecule has 2 rings (SSSR count). The van der Waals surface area contributed by atoms with E-state index >= 15 is 0 Å². The molecule has 0 saturated carbocycles. The van der Waals surface area contributed by atoms with E-state index in [9.17, 15) is 10.1 Å². The molecule has 7 heteroatoms. The Morgan fingerprint density at radius 2 is 2.18 bits per heavy atom. The molecule has 86 valence electrons. The number of rotatable bonds is 3. The largest absolute Gasteiger partial charge is 0.435 e. The maximum absolute atomic E-state index is 10.5. The van der Waals surface area contributed by atoms with Crippen molar-refractivity contribution in [3.8, 4) is 11.6 Å². The molecule has 0 unspecified atom stereocenters. The minimum atomic E-state index is -0.554. The first kappa shape index (κ1) is 10.9. The highest BCUT2D eigenvalue weighted by molar-refractivity contribution is 5.35. The summed E-state index contributed by atoms with van der Waals surface area (Å²) < 4.78 is 5.41. The minimum Gasteiger partial charge on any atom is -0.435 e. The van der Waals surface area contributed by atoms with Gasteiger partial charge in [0.25, 0.3) is 0 Å². The average molecular weight is 232 g/mol. The third-order valence-electron chi connectivity index (χ3n) is 1.98. The van der Waals surface area contributed by atoms with Crippen LogP contribution in [0.15, 0.2) is 30.7 Å². The van der Waals surface area contributed by atoms with E-state index in [1.54, 1.807) is 13.0 Å². The summed E-state index contributed by atoms with van der Waals surface area (Å²) in [4.78, 5) is 21.4. The third-order valence-corrected chi connectivity index (χ3v) is 1.98. The average Bonchev–Trinajstić information content (AvgIpc) is 2.33. The van der Waals surface area contributed by atoms with Gasteiger partial charge >= 0.3 is 5.82 Å². The SMILES string of the molecule is Cc1nc([N+](=O)[O-])ccc1Oc1ccncn1. The van der Waals surface area contributed by atoms with Gasteiger partial charge in [0.2, 0.25) is 5.88 Å². The van der Waals surface area contributed by atoms with Gasteiger partial charge in [-0.15, -0.1) is 0 Å². The summed E-state index contributed by atoms with van der Waals surface area (Å²) in [6, 6.07) is 4.35. The van der Waals surface area contributed by atoms with Crippen LogP contribution in [0, 0.1) is 17.0 Å². The zero-order valence-electron chi connectivity index (χ0n) is 8.90. The topological polar surface area (TPSA) is 91.0 Å². The molecule has 2 heterocycles. The first-order valence-corrected chi connectivity index (χ1v) is 4.73. The summed E-state index contributed by atoms with van der Waals surface area (Å²) in [5.74, 6) is 0.575. The highest BCUT2D eigenvalue weighted by atomic mass is 16.6. The van der Waals surface area contributed by atoms with E-state index in [2.05, 4.69) is 15.0 Å². The van der Waals surface area contributed by atoms with Gasteiger partial charge in [-0.25, -0.2) is 9.97 Å². The lowest BCUT2D eigenvalue weighted by Crippen LogP contribution is -1.96. The standard InChI is InChI=1S/C10H8N4O3/c1-7-8(2-3-9(13-7)14(15)16)17-10-4-5-11-6-12-10/h2-6H,1H3. The van der Waals surface area contributed by atoms with Crippen LogP contribution < -0.4 is 4.74 Å². The molecule has 0 aliphatic carbocycles. The van der Waals surface area contributed by atoms with Crippen molar-refractivity contribution in [3.05, 3.63) is 46.5 Å². The summed E-state index contributed by atoms with van der Waals surface area (Å²) in [7, 11) is 0. The summed E-state index contributed by atoms with van der Waals surface area (Å²) >= 11 is 0. The number of nitrogens with zero attached hydrogens (tertiary/aromatic N) is 4. The maximum Gasteiger partial charge on any atom is 0.363 e. The van der Waals surface area contributed by atoms with Crippen molar-refractivity contribution < 1.29 is 9.66 Å². The number of pyridine rings is 1. The van der Waals surface area contributed by atoms with Crippen molar-refractivity contribution >= 4 is 5.82 Å². The predicted molar refractivity (Wildman–Crippen MR) is 57.7 cm³/mol. The lowest BCUT2D eigenvalue weighted by molar-refractivity contribution is -0.389. The van der Waals surface area contributed by atoms with Crippen LogP contribution in [0.5, 0.6) is 11.6 Å². The van der Waals surface area contributed by atoms with E-state index in [1.807, 2.05) is 0 Å². The smallest absolute Gasteiger partial charge is 0.363 e. The van der Waals surface area contributed by atoms with Crippen molar-refractivity contribution in [2.75, 3.05) is 0 Å². The van der Waals surface area contributed by atoms with Crippen LogP contribution in [-0.2, 0) is 0 Å². The van der Waals surface area contributed by atoms with Gasteiger partial charge in [0, 0.05) is 25.3 Å². The lowest BCUT2D eigenvalue weighted by Gasteiger charge is -2.03. The second-order valence-corrected chi connectivity index (χ2v) is 3.16. The Labute approximate surface area is 96.3 Å². The second kappa shape index (κ2) is 4.52. The first-order valence-electron chi connectivity index (χ1n) is 4.73. The zero-order chi connectivity index (χ0) is 12.3. The molecule has 0 fully saturated rings. The Bertz CT molecular complexity index is 545. The molecule has 2 aromatic heterocycles. The highest BCUT2D eigenvalue weighted by Gasteiger charge is 2.13. The van der Waals surface area contributed by atoms with Crippen LogP contribution in [0.3, 0.4) is 0 Å². The summed E-state index contributed by atoms with van der Waals surface area (Å²) in [6.45, 7) is 1.63. The van der Waals surface area contributed by atoms with Crippen LogP contribution in [0.4, 0.5) is 5.82 Å². The fourth-order valence-corrected chi connectivity index (χ4v) is 1.20. The molecule has 0 bridgehead atoms. The molecule has 0 aliphatic rings. The number of ether oxygens (including phenoxy) is 1. The van der Waals surface area contributed by atoms with Crippen molar-refractivity contribution in [2.24, 2.45) is 0 Å². The van der Waals surface area contributed by atoms with Gasteiger partial charge in [-0.1, -0.05) is 0 Å². The fourth-order valence-electron chi connectivity index (χ4n) is 1.20. The lowest BCUT2D eigenvalue weighted by atomic mass is 10.3. The number of aryl methyl sites for hydroxylation is 1. The van der Waals surface area contributed by atoms with Gasteiger partial charge in [-0.3, -0.25) is 0 Å². The van der Waals surface area contributed by atoms with Gasteiger partial charge < -0.3 is 14.9 Å². The first-order chi connectivity index (χ1) is 8.16. The highest BCUT2D eigenvalue weighted by Crippen LogP contribution is 2.23. The number of hydrogen-bond acceptors (Lipinski definition) is 6. The van der Waals surface area contributed by atoms with Gasteiger partial charge in [-0.2, -0.15) is 0 Å². The molecule has 0 saturated heterocycles. The molecular formula is C10H8N4O3. The summed E-state index contributed by atoms with van der Waals surface area (Å²) in [6.07, 6.45) is 2.89. The molecule has 2 aromatic rings. The monoisotopic (exact) mass is 232 g/mol. The van der Waals surface area contributed by atoms with E-state index in [1.165, 1.54) is 24.7 Å². The number of hydrogen-bond donors (Lipinski definition) is 0. The van der Waals surface area contributed by atoms with E-state index in [0.717, 1.165) is 0 Å². The van der Waals surface area contributed by atoms with Crippen LogP contribution in [0.25, 0.3) is 0 Å². The van der Waals surface area contributed by atoms with E-state index < -0.39 is 4.92 Å². The molecule has 0 aromatic carbocycles. The van der Waals surface area contributed by atoms with Crippen molar-refractivity contribution in [3.63, 3.8) is 0 Å². The molecule has 0 aliphatic heterocycles. The Morgan fingerprint density at radius 3 is 2.76 bits per heavy atom. The fraction of sp³-hybridized carbons (Fsp3) is 0.100. The quantitative estimate of drug-likeness (QED) is 0.592. The Hall–Kier alpha value is -2.57. The molecule has 0 radical (unpaired) electrons. The number of nitro groups is 1. The summed E-state index contributed by atoms with van der Waals surface area (Å²) in [5, 5.41) is 10.5. The molecule has 0 amide bonds. The van der Waals surface area contributed by atoms with E-state index in [-0.39, 0.29) is 5.82 Å². The van der Waals surface area contributed by atoms with Crippen LogP contribution in [0.1, 0.15) is 5.69 Å². The van der Waals surface area contributed by atoms with E-state index in [0.29, 0.717) is 17.3 Å². The molecule has 0 spiro atoms. The number of aromatic nitrogens is 3. The van der Waals surface area contributed by atoms with Crippen molar-refractivity contribution in [1.29, 1.82) is 0 Å². The molecular weight excluding hydrogens is 224 g/mol. The van der Waals surface area contributed by atoms with Gasteiger partial charge in [0.15, 0.2) is 11.4 Å². The summed E-state index contributed by atoms with van der Waals surface area (Å²) in [5.41, 5.74) is 0.429. The van der Waals surface area contributed by atoms with Crippen LogP contribution >= 0.6 is 0 Å². The zero-order valence-corrected chi connectivity index (χ0v) is 8.90. The van der Waals surface area contributed by atoms with Gasteiger partial charge in [-0.05, 0) is 16.0 Å². The Balaban J connectivity index is 2.26. The van der Waals surface area contributed by atoms with Crippen LogP contribution in [-0.4, -0.2) is 19.9 Å². The molecule has 0 atom stereocenters. The maximum atomic E-state index is 10.5. The van der Waals surface area contributed by atoms with Crippen LogP contribution in [0.2, 0.25) is 0 Å².